The summed E-state index contributed by atoms with van der Waals surface area (Å²) in [6, 6.07) is 11.8. The molecule has 1 aliphatic carbocycles. The summed E-state index contributed by atoms with van der Waals surface area (Å²) in [7, 11) is 6.37. The lowest BCUT2D eigenvalue weighted by Gasteiger charge is -2.30. The van der Waals surface area contributed by atoms with Crippen molar-refractivity contribution in [3.8, 4) is 23.0 Å². The van der Waals surface area contributed by atoms with Crippen LogP contribution in [0.25, 0.3) is 0 Å². The highest BCUT2D eigenvalue weighted by molar-refractivity contribution is 5.80. The van der Waals surface area contributed by atoms with E-state index in [2.05, 4.69) is 6.92 Å². The maximum Gasteiger partial charge on any atom is 0.227 e. The summed E-state index contributed by atoms with van der Waals surface area (Å²) in [6.45, 7) is 2.72. The Balaban J connectivity index is 1.82. The molecule has 0 bridgehead atoms. The fourth-order valence-electron chi connectivity index (χ4n) is 3.73. The molecule has 0 N–H and O–H groups in total. The largest absolute Gasteiger partial charge is 0.497 e. The van der Waals surface area contributed by atoms with E-state index >= 15 is 0 Å². The van der Waals surface area contributed by atoms with Crippen molar-refractivity contribution < 1.29 is 23.7 Å². The van der Waals surface area contributed by atoms with E-state index in [9.17, 15) is 4.79 Å². The topological polar surface area (TPSA) is 57.2 Å². The molecule has 1 fully saturated rings. The van der Waals surface area contributed by atoms with Crippen LogP contribution in [0.4, 0.5) is 0 Å². The number of amides is 1. The lowest BCUT2D eigenvalue weighted by atomic mass is 10.1. The van der Waals surface area contributed by atoms with Gasteiger partial charge in [0.2, 0.25) is 11.7 Å². The fourth-order valence-corrected chi connectivity index (χ4v) is 3.73. The molecule has 0 radical (unpaired) electrons. The number of nitrogens with zero attached hydrogens (tertiary/aromatic N) is 1. The van der Waals surface area contributed by atoms with E-state index in [-0.39, 0.29) is 18.4 Å². The zero-order valence-corrected chi connectivity index (χ0v) is 18.4. The first-order valence-electron chi connectivity index (χ1n) is 10.2. The maximum absolute atomic E-state index is 13.4. The third-order valence-corrected chi connectivity index (χ3v) is 5.71. The predicted octanol–water partition coefficient (Wildman–Crippen LogP) is 4.09. The highest BCUT2D eigenvalue weighted by atomic mass is 16.5. The van der Waals surface area contributed by atoms with Crippen molar-refractivity contribution in [1.82, 2.24) is 4.90 Å². The van der Waals surface area contributed by atoms with Crippen LogP contribution in [0.1, 0.15) is 30.9 Å². The first-order chi connectivity index (χ1) is 14.5. The van der Waals surface area contributed by atoms with Gasteiger partial charge in [0.1, 0.15) is 5.75 Å². The van der Waals surface area contributed by atoms with Crippen molar-refractivity contribution in [3.63, 3.8) is 0 Å². The highest BCUT2D eigenvalue weighted by Gasteiger charge is 2.34. The third kappa shape index (κ3) is 4.99. The van der Waals surface area contributed by atoms with Gasteiger partial charge in [-0.3, -0.25) is 4.79 Å². The molecule has 0 spiro atoms. The van der Waals surface area contributed by atoms with Gasteiger partial charge in [0.05, 0.1) is 34.9 Å². The summed E-state index contributed by atoms with van der Waals surface area (Å²) in [6.07, 6.45) is 2.62. The van der Waals surface area contributed by atoms with Crippen molar-refractivity contribution in [1.29, 1.82) is 0 Å². The van der Waals surface area contributed by atoms with Crippen LogP contribution < -0.4 is 18.9 Å². The fraction of sp³-hybridized carbons (Fsp3) is 0.458. The van der Waals surface area contributed by atoms with Gasteiger partial charge in [0.25, 0.3) is 0 Å². The van der Waals surface area contributed by atoms with Crippen molar-refractivity contribution in [2.24, 2.45) is 5.92 Å². The lowest BCUT2D eigenvalue weighted by Crippen LogP contribution is -2.40. The molecule has 0 aromatic heterocycles. The van der Waals surface area contributed by atoms with Crippen LogP contribution in [-0.2, 0) is 17.8 Å². The van der Waals surface area contributed by atoms with E-state index in [0.717, 1.165) is 16.9 Å². The van der Waals surface area contributed by atoms with Gasteiger partial charge >= 0.3 is 0 Å². The van der Waals surface area contributed by atoms with Crippen molar-refractivity contribution in [2.75, 3.05) is 28.4 Å². The van der Waals surface area contributed by atoms with Crippen LogP contribution >= 0.6 is 0 Å². The number of rotatable bonds is 10. The Morgan fingerprint density at radius 1 is 0.933 bits per heavy atom. The molecule has 0 heterocycles. The summed E-state index contributed by atoms with van der Waals surface area (Å²) in [4.78, 5) is 15.3. The van der Waals surface area contributed by atoms with Gasteiger partial charge in [-0.15, -0.1) is 0 Å². The molecule has 162 valence electrons. The zero-order valence-electron chi connectivity index (χ0n) is 18.4. The average Bonchev–Trinajstić information content (AvgIpc) is 3.62. The second-order valence-electron chi connectivity index (χ2n) is 7.66. The van der Waals surface area contributed by atoms with Gasteiger partial charge in [-0.05, 0) is 61.1 Å². The molecule has 3 rings (SSSR count). The molecule has 30 heavy (non-hydrogen) atoms. The Hall–Kier alpha value is -2.89. The van der Waals surface area contributed by atoms with E-state index in [4.69, 9.17) is 18.9 Å². The summed E-state index contributed by atoms with van der Waals surface area (Å²) in [5.41, 5.74) is 1.92. The molecule has 1 aliphatic rings. The standard InChI is InChI=1S/C24H31NO5/c1-16(19-8-9-19)25(15-17-6-10-20(27-2)11-7-17)23(26)14-18-12-21(28-3)24(30-5)22(13-18)29-4/h6-7,10-13,16,19H,8-9,14-15H2,1-5H3/t16-/m0/s1. The second-order valence-corrected chi connectivity index (χ2v) is 7.66. The van der Waals surface area contributed by atoms with Crippen LogP contribution in [0.2, 0.25) is 0 Å². The van der Waals surface area contributed by atoms with Crippen molar-refractivity contribution in [2.45, 2.75) is 38.8 Å². The van der Waals surface area contributed by atoms with E-state index in [1.807, 2.05) is 41.3 Å². The van der Waals surface area contributed by atoms with E-state index in [1.165, 1.54) is 12.8 Å². The average molecular weight is 414 g/mol. The predicted molar refractivity (Wildman–Crippen MR) is 116 cm³/mol. The molecule has 1 atom stereocenters. The van der Waals surface area contributed by atoms with E-state index in [1.54, 1.807) is 28.4 Å². The maximum atomic E-state index is 13.4. The SMILES string of the molecule is COc1ccc(CN(C(=O)Cc2cc(OC)c(OC)c(OC)c2)[C@@H](C)C2CC2)cc1. The number of benzene rings is 2. The Labute approximate surface area is 178 Å². The molecule has 1 amide bonds. The van der Waals surface area contributed by atoms with Gasteiger partial charge in [-0.2, -0.15) is 0 Å². The number of hydrogen-bond donors (Lipinski definition) is 0. The molecule has 0 aliphatic heterocycles. The lowest BCUT2D eigenvalue weighted by molar-refractivity contribution is -0.133. The zero-order chi connectivity index (χ0) is 21.7. The third-order valence-electron chi connectivity index (χ3n) is 5.71. The number of hydrogen-bond acceptors (Lipinski definition) is 5. The van der Waals surface area contributed by atoms with Gasteiger partial charge in [0.15, 0.2) is 11.5 Å². The molecule has 2 aromatic rings. The quantitative estimate of drug-likeness (QED) is 0.587. The summed E-state index contributed by atoms with van der Waals surface area (Å²) < 4.78 is 21.5. The van der Waals surface area contributed by atoms with Crippen LogP contribution in [0, 0.1) is 5.92 Å². The van der Waals surface area contributed by atoms with Crippen LogP contribution in [-0.4, -0.2) is 45.3 Å². The Morgan fingerprint density at radius 3 is 2.00 bits per heavy atom. The van der Waals surface area contributed by atoms with Crippen LogP contribution in [0.3, 0.4) is 0 Å². The minimum atomic E-state index is 0.0829. The van der Waals surface area contributed by atoms with Gasteiger partial charge in [0, 0.05) is 12.6 Å². The summed E-state index contributed by atoms with van der Waals surface area (Å²) in [5.74, 6) is 3.10. The molecule has 1 saturated carbocycles. The van der Waals surface area contributed by atoms with E-state index in [0.29, 0.717) is 29.7 Å². The molecule has 0 saturated heterocycles. The van der Waals surface area contributed by atoms with Gasteiger partial charge in [-0.1, -0.05) is 12.1 Å². The van der Waals surface area contributed by atoms with Gasteiger partial charge < -0.3 is 23.8 Å². The van der Waals surface area contributed by atoms with Crippen molar-refractivity contribution >= 4 is 5.91 Å². The monoisotopic (exact) mass is 413 g/mol. The molecule has 2 aromatic carbocycles. The normalized spacial score (nSPS) is 14.0. The number of carbonyl (C=O) groups is 1. The Morgan fingerprint density at radius 2 is 1.53 bits per heavy atom. The Kier molecular flexibility index (Phi) is 7.08. The minimum Gasteiger partial charge on any atom is -0.497 e. The first-order valence-corrected chi connectivity index (χ1v) is 10.2. The molecule has 0 unspecified atom stereocenters. The minimum absolute atomic E-state index is 0.0829. The molecular formula is C24H31NO5. The molecular weight excluding hydrogens is 382 g/mol. The Bertz CT molecular complexity index is 835. The number of carbonyl (C=O) groups excluding carboxylic acids is 1. The second kappa shape index (κ2) is 9.74. The highest BCUT2D eigenvalue weighted by Crippen LogP contribution is 2.39. The first kappa shape index (κ1) is 21.8. The summed E-state index contributed by atoms with van der Waals surface area (Å²) >= 11 is 0. The molecule has 6 nitrogen and oxygen atoms in total. The van der Waals surface area contributed by atoms with Crippen LogP contribution in [0.5, 0.6) is 23.0 Å². The number of ether oxygens (including phenoxy) is 4. The van der Waals surface area contributed by atoms with Crippen LogP contribution in [0.15, 0.2) is 36.4 Å². The number of methoxy groups -OCH3 is 4. The van der Waals surface area contributed by atoms with E-state index < -0.39 is 0 Å². The molecule has 6 heteroatoms. The summed E-state index contributed by atoms with van der Waals surface area (Å²) in [5, 5.41) is 0. The smallest absolute Gasteiger partial charge is 0.227 e. The van der Waals surface area contributed by atoms with Crippen molar-refractivity contribution in [3.05, 3.63) is 47.5 Å². The van der Waals surface area contributed by atoms with Gasteiger partial charge in [-0.25, -0.2) is 0 Å².